The molecule has 3 aromatic carbocycles. The zero-order chi connectivity index (χ0) is 22.2. The van der Waals surface area contributed by atoms with E-state index >= 15 is 0 Å². The van der Waals surface area contributed by atoms with Crippen LogP contribution in [0.15, 0.2) is 72.8 Å². The lowest BCUT2D eigenvalue weighted by molar-refractivity contribution is 0.242. The van der Waals surface area contributed by atoms with E-state index in [4.69, 9.17) is 9.47 Å². The zero-order valence-electron chi connectivity index (χ0n) is 19.4. The maximum atomic E-state index is 5.83. The number of ether oxygens (including phenoxy) is 2. The van der Waals surface area contributed by atoms with Gasteiger partial charge in [-0.1, -0.05) is 54.1 Å². The standard InChI is InChI=1S/C28H35NO2/c1-20(2)31-27-16-12-25(13-17-27)28(24-8-6-21(3)7-9-24)18-19-29-22(4)23-10-14-26(30-5)15-11-23/h6-17,20,22,28-29H,18-19H2,1-5H3/t22-,28-/m0/s1. The van der Waals surface area contributed by atoms with Gasteiger partial charge in [0, 0.05) is 12.0 Å². The largest absolute Gasteiger partial charge is 0.497 e. The van der Waals surface area contributed by atoms with Crippen molar-refractivity contribution < 1.29 is 9.47 Å². The number of rotatable bonds is 10. The number of hydrogen-bond acceptors (Lipinski definition) is 3. The second kappa shape index (κ2) is 11.0. The van der Waals surface area contributed by atoms with Crippen LogP contribution in [0, 0.1) is 6.92 Å². The van der Waals surface area contributed by atoms with Crippen LogP contribution in [0.5, 0.6) is 11.5 Å². The molecule has 0 fully saturated rings. The molecule has 0 radical (unpaired) electrons. The number of hydrogen-bond donors (Lipinski definition) is 1. The Morgan fingerprint density at radius 2 is 1.23 bits per heavy atom. The van der Waals surface area contributed by atoms with Gasteiger partial charge >= 0.3 is 0 Å². The Morgan fingerprint density at radius 1 is 0.710 bits per heavy atom. The topological polar surface area (TPSA) is 30.5 Å². The van der Waals surface area contributed by atoms with E-state index in [0.29, 0.717) is 5.92 Å². The van der Waals surface area contributed by atoms with Crippen molar-refractivity contribution in [1.82, 2.24) is 5.32 Å². The fourth-order valence-corrected chi connectivity index (χ4v) is 3.83. The van der Waals surface area contributed by atoms with Crippen LogP contribution in [0.3, 0.4) is 0 Å². The fraction of sp³-hybridized carbons (Fsp3) is 0.357. The normalized spacial score (nSPS) is 13.1. The number of methoxy groups -OCH3 is 1. The molecule has 0 aliphatic rings. The highest BCUT2D eigenvalue weighted by Crippen LogP contribution is 2.30. The van der Waals surface area contributed by atoms with E-state index in [1.165, 1.54) is 22.3 Å². The molecule has 3 heteroatoms. The summed E-state index contributed by atoms with van der Waals surface area (Å²) in [6, 6.07) is 26.1. The van der Waals surface area contributed by atoms with Gasteiger partial charge in [0.2, 0.25) is 0 Å². The summed E-state index contributed by atoms with van der Waals surface area (Å²) >= 11 is 0. The maximum Gasteiger partial charge on any atom is 0.119 e. The molecule has 3 nitrogen and oxygen atoms in total. The number of benzene rings is 3. The van der Waals surface area contributed by atoms with Crippen LogP contribution in [0.4, 0.5) is 0 Å². The van der Waals surface area contributed by atoms with Gasteiger partial charge in [0.25, 0.3) is 0 Å². The summed E-state index contributed by atoms with van der Waals surface area (Å²) in [5.74, 6) is 2.15. The van der Waals surface area contributed by atoms with Crippen molar-refractivity contribution in [2.24, 2.45) is 0 Å². The first kappa shape index (κ1) is 22.9. The van der Waals surface area contributed by atoms with Gasteiger partial charge in [0.1, 0.15) is 11.5 Å². The first-order chi connectivity index (χ1) is 15.0. The minimum Gasteiger partial charge on any atom is -0.497 e. The lowest BCUT2D eigenvalue weighted by Gasteiger charge is -2.21. The van der Waals surface area contributed by atoms with Gasteiger partial charge in [0.15, 0.2) is 0 Å². The highest BCUT2D eigenvalue weighted by molar-refractivity contribution is 5.37. The molecule has 0 unspecified atom stereocenters. The molecular weight excluding hydrogens is 382 g/mol. The van der Waals surface area contributed by atoms with Gasteiger partial charge in [-0.05, 0) is 81.6 Å². The van der Waals surface area contributed by atoms with Crippen LogP contribution < -0.4 is 14.8 Å². The molecule has 0 saturated carbocycles. The molecule has 3 aromatic rings. The number of aryl methyl sites for hydroxylation is 1. The Bertz CT molecular complexity index is 915. The summed E-state index contributed by atoms with van der Waals surface area (Å²) in [5.41, 5.74) is 5.22. The average molecular weight is 418 g/mol. The Labute approximate surface area is 187 Å². The van der Waals surface area contributed by atoms with Gasteiger partial charge in [-0.3, -0.25) is 0 Å². The Kier molecular flexibility index (Phi) is 8.13. The predicted octanol–water partition coefficient (Wildman–Crippen LogP) is 6.66. The molecule has 0 spiro atoms. The average Bonchev–Trinajstić information content (AvgIpc) is 2.78. The molecule has 31 heavy (non-hydrogen) atoms. The van der Waals surface area contributed by atoms with E-state index in [-0.39, 0.29) is 12.1 Å². The molecule has 0 heterocycles. The molecular formula is C28H35NO2. The molecule has 0 aromatic heterocycles. The van der Waals surface area contributed by atoms with Gasteiger partial charge in [-0.2, -0.15) is 0 Å². The van der Waals surface area contributed by atoms with Crippen molar-refractivity contribution in [3.63, 3.8) is 0 Å². The summed E-state index contributed by atoms with van der Waals surface area (Å²) in [7, 11) is 1.70. The van der Waals surface area contributed by atoms with Crippen molar-refractivity contribution in [2.45, 2.75) is 52.2 Å². The highest BCUT2D eigenvalue weighted by Gasteiger charge is 2.15. The molecule has 2 atom stereocenters. The molecule has 0 aliphatic heterocycles. The summed E-state index contributed by atoms with van der Waals surface area (Å²) in [4.78, 5) is 0. The van der Waals surface area contributed by atoms with Crippen LogP contribution >= 0.6 is 0 Å². The smallest absolute Gasteiger partial charge is 0.119 e. The molecule has 0 amide bonds. The van der Waals surface area contributed by atoms with Crippen molar-refractivity contribution in [1.29, 1.82) is 0 Å². The monoisotopic (exact) mass is 417 g/mol. The van der Waals surface area contributed by atoms with Gasteiger partial charge < -0.3 is 14.8 Å². The first-order valence-corrected chi connectivity index (χ1v) is 11.2. The maximum absolute atomic E-state index is 5.83. The minimum absolute atomic E-state index is 0.183. The lowest BCUT2D eigenvalue weighted by Crippen LogP contribution is -2.22. The third-order valence-corrected chi connectivity index (χ3v) is 5.63. The van der Waals surface area contributed by atoms with Crippen molar-refractivity contribution in [3.8, 4) is 11.5 Å². The zero-order valence-corrected chi connectivity index (χ0v) is 19.4. The van der Waals surface area contributed by atoms with Gasteiger partial charge in [-0.25, -0.2) is 0 Å². The van der Waals surface area contributed by atoms with E-state index in [1.807, 2.05) is 12.1 Å². The van der Waals surface area contributed by atoms with Crippen LogP contribution in [0.1, 0.15) is 61.4 Å². The summed E-state index contributed by atoms with van der Waals surface area (Å²) < 4.78 is 11.1. The minimum atomic E-state index is 0.183. The van der Waals surface area contributed by atoms with E-state index in [1.54, 1.807) is 7.11 Å². The SMILES string of the molecule is COc1ccc([C@H](C)NCC[C@@H](c2ccc(C)cc2)c2ccc(OC(C)C)cc2)cc1. The van der Waals surface area contributed by atoms with E-state index < -0.39 is 0 Å². The Morgan fingerprint density at radius 3 is 1.77 bits per heavy atom. The predicted molar refractivity (Wildman–Crippen MR) is 129 cm³/mol. The third kappa shape index (κ3) is 6.60. The van der Waals surface area contributed by atoms with E-state index in [2.05, 4.69) is 93.7 Å². The van der Waals surface area contributed by atoms with Crippen molar-refractivity contribution in [2.75, 3.05) is 13.7 Å². The van der Waals surface area contributed by atoms with Crippen molar-refractivity contribution in [3.05, 3.63) is 95.1 Å². The summed E-state index contributed by atoms with van der Waals surface area (Å²) in [5, 5.41) is 3.69. The van der Waals surface area contributed by atoms with E-state index in [9.17, 15) is 0 Å². The van der Waals surface area contributed by atoms with Crippen LogP contribution in [0.2, 0.25) is 0 Å². The second-order valence-corrected chi connectivity index (χ2v) is 8.44. The van der Waals surface area contributed by atoms with Crippen LogP contribution in [-0.4, -0.2) is 19.8 Å². The first-order valence-electron chi connectivity index (χ1n) is 11.2. The van der Waals surface area contributed by atoms with Crippen LogP contribution in [-0.2, 0) is 0 Å². The summed E-state index contributed by atoms with van der Waals surface area (Å²) in [6.07, 6.45) is 1.20. The van der Waals surface area contributed by atoms with Gasteiger partial charge in [0.05, 0.1) is 13.2 Å². The summed E-state index contributed by atoms with van der Waals surface area (Å²) in [6.45, 7) is 9.38. The quantitative estimate of drug-likeness (QED) is 0.400. The Balaban J connectivity index is 1.70. The second-order valence-electron chi connectivity index (χ2n) is 8.44. The Hall–Kier alpha value is -2.78. The van der Waals surface area contributed by atoms with E-state index in [0.717, 1.165) is 24.5 Å². The molecule has 1 N–H and O–H groups in total. The number of nitrogens with one attached hydrogen (secondary N) is 1. The molecule has 164 valence electrons. The van der Waals surface area contributed by atoms with Gasteiger partial charge in [-0.15, -0.1) is 0 Å². The molecule has 3 rings (SSSR count). The molecule has 0 bridgehead atoms. The molecule has 0 aliphatic carbocycles. The highest BCUT2D eigenvalue weighted by atomic mass is 16.5. The fourth-order valence-electron chi connectivity index (χ4n) is 3.83. The lowest BCUT2D eigenvalue weighted by atomic mass is 9.88. The molecule has 0 saturated heterocycles. The van der Waals surface area contributed by atoms with Crippen LogP contribution in [0.25, 0.3) is 0 Å². The third-order valence-electron chi connectivity index (χ3n) is 5.63. The van der Waals surface area contributed by atoms with Crippen molar-refractivity contribution >= 4 is 0 Å².